The van der Waals surface area contributed by atoms with E-state index in [0.29, 0.717) is 17.8 Å². The lowest BCUT2D eigenvalue weighted by Gasteiger charge is -2.23. The fourth-order valence-electron chi connectivity index (χ4n) is 5.10. The molecule has 0 unspecified atom stereocenters. The number of aromatic nitrogens is 4. The molecule has 174 valence electrons. The molecule has 9 heteroatoms. The minimum atomic E-state index is 0.0135. The van der Waals surface area contributed by atoms with Gasteiger partial charge in [0.2, 0.25) is 5.95 Å². The number of hydrogen-bond acceptors (Lipinski definition) is 6. The van der Waals surface area contributed by atoms with Gasteiger partial charge in [-0.1, -0.05) is 12.8 Å². The average molecular weight is 450 g/mol. The molecule has 1 aliphatic heterocycles. The minimum absolute atomic E-state index is 0.0135. The molecule has 3 aromatic rings. The summed E-state index contributed by atoms with van der Waals surface area (Å²) < 4.78 is 2.16. The Kier molecular flexibility index (Phi) is 5.99. The number of nitrogens with zero attached hydrogens (tertiary/aromatic N) is 5. The standard InChI is InChI=1S/C24H32N8O/c1-16-19-15-27-24(28-20-9-8-18(14-26-20)31-12-10-25-11-13-31)29-22(19)32(17-6-4-5-7-17)21(16)23(33)30(2)3/h8-9,14-15,17,25H,4-7,10-13H2,1-3H3,(H,26,27,28,29)/p+1. The molecule has 1 saturated heterocycles. The first-order valence-electron chi connectivity index (χ1n) is 11.9. The molecule has 1 amide bonds. The van der Waals surface area contributed by atoms with Gasteiger partial charge in [0.05, 0.1) is 19.3 Å². The molecule has 3 aromatic heterocycles. The van der Waals surface area contributed by atoms with Crippen LogP contribution in [0.25, 0.3) is 11.0 Å². The number of quaternary nitrogens is 1. The number of anilines is 2. The van der Waals surface area contributed by atoms with Crippen LogP contribution in [0.4, 0.5) is 17.5 Å². The van der Waals surface area contributed by atoms with Gasteiger partial charge in [-0.25, -0.2) is 9.97 Å². The predicted octanol–water partition coefficient (Wildman–Crippen LogP) is 1.81. The highest BCUT2D eigenvalue weighted by molar-refractivity contribution is 6.00. The van der Waals surface area contributed by atoms with E-state index in [4.69, 9.17) is 4.98 Å². The number of carbonyl (C=O) groups is 1. The van der Waals surface area contributed by atoms with E-state index in [-0.39, 0.29) is 5.91 Å². The van der Waals surface area contributed by atoms with E-state index in [1.54, 1.807) is 19.0 Å². The van der Waals surface area contributed by atoms with Gasteiger partial charge < -0.3 is 20.1 Å². The van der Waals surface area contributed by atoms with Crippen molar-refractivity contribution in [3.63, 3.8) is 0 Å². The minimum Gasteiger partial charge on any atom is -0.343 e. The van der Waals surface area contributed by atoms with E-state index < -0.39 is 0 Å². The van der Waals surface area contributed by atoms with Crippen LogP contribution in [0.2, 0.25) is 0 Å². The van der Waals surface area contributed by atoms with Gasteiger partial charge in [0.1, 0.15) is 22.8 Å². The van der Waals surface area contributed by atoms with Crippen molar-refractivity contribution < 1.29 is 9.69 Å². The van der Waals surface area contributed by atoms with Crippen molar-refractivity contribution in [1.29, 1.82) is 0 Å². The fraction of sp³-hybridized carbons (Fsp3) is 0.500. The van der Waals surface area contributed by atoms with Crippen LogP contribution in [-0.4, -0.2) is 70.6 Å². The highest BCUT2D eigenvalue weighted by Gasteiger charge is 2.29. The maximum atomic E-state index is 13.1. The quantitative estimate of drug-likeness (QED) is 0.550. The predicted molar refractivity (Wildman–Crippen MR) is 129 cm³/mol. The zero-order valence-electron chi connectivity index (χ0n) is 19.7. The third-order valence-corrected chi connectivity index (χ3v) is 6.91. The van der Waals surface area contributed by atoms with Gasteiger partial charge in [-0.05, 0) is 31.4 Å². The second-order valence-electron chi connectivity index (χ2n) is 9.32. The van der Waals surface area contributed by atoms with Crippen molar-refractivity contribution in [3.8, 4) is 0 Å². The van der Waals surface area contributed by atoms with E-state index in [2.05, 4.69) is 31.2 Å². The molecule has 4 heterocycles. The molecule has 0 aromatic carbocycles. The molecule has 0 spiro atoms. The largest absolute Gasteiger partial charge is 0.343 e. The van der Waals surface area contributed by atoms with E-state index in [0.717, 1.165) is 61.3 Å². The van der Waals surface area contributed by atoms with Crippen molar-refractivity contribution in [2.45, 2.75) is 38.6 Å². The van der Waals surface area contributed by atoms with Crippen LogP contribution in [0.1, 0.15) is 47.8 Å². The number of nitrogens with one attached hydrogen (secondary N) is 3. The van der Waals surface area contributed by atoms with E-state index in [9.17, 15) is 4.79 Å². The molecule has 0 atom stereocenters. The van der Waals surface area contributed by atoms with Gasteiger partial charge in [0.15, 0.2) is 0 Å². The van der Waals surface area contributed by atoms with Gasteiger partial charge in [0.25, 0.3) is 5.91 Å². The molecule has 2 fully saturated rings. The highest BCUT2D eigenvalue weighted by Crippen LogP contribution is 2.36. The fourth-order valence-corrected chi connectivity index (χ4v) is 5.10. The van der Waals surface area contributed by atoms with Gasteiger partial charge in [-0.2, -0.15) is 4.98 Å². The maximum Gasteiger partial charge on any atom is 0.270 e. The van der Waals surface area contributed by atoms with E-state index >= 15 is 0 Å². The normalized spacial score (nSPS) is 17.5. The van der Waals surface area contributed by atoms with Crippen molar-refractivity contribution >= 4 is 34.4 Å². The van der Waals surface area contributed by atoms with Gasteiger partial charge in [-0.15, -0.1) is 0 Å². The summed E-state index contributed by atoms with van der Waals surface area (Å²) in [6.45, 7) is 6.20. The van der Waals surface area contributed by atoms with Crippen LogP contribution in [0.3, 0.4) is 0 Å². The molecule has 3 N–H and O–H groups in total. The Morgan fingerprint density at radius 1 is 1.15 bits per heavy atom. The number of hydrogen-bond donors (Lipinski definition) is 3. The van der Waals surface area contributed by atoms with Gasteiger partial charge in [-0.3, -0.25) is 9.69 Å². The number of aryl methyl sites for hydroxylation is 1. The molecule has 0 bridgehead atoms. The van der Waals surface area contributed by atoms with Crippen LogP contribution in [0, 0.1) is 6.92 Å². The molecule has 9 nitrogen and oxygen atoms in total. The van der Waals surface area contributed by atoms with Crippen molar-refractivity contribution in [2.24, 2.45) is 0 Å². The number of pyridine rings is 1. The molecular formula is C24H33N8O+. The topological polar surface area (TPSA) is 92.4 Å². The number of carbonyl (C=O) groups excluding carboxylic acids is 1. The van der Waals surface area contributed by atoms with Crippen LogP contribution in [0.15, 0.2) is 24.5 Å². The molecule has 2 aliphatic rings. The van der Waals surface area contributed by atoms with Gasteiger partial charge >= 0.3 is 0 Å². The maximum absolute atomic E-state index is 13.1. The number of amides is 1. The first-order valence-corrected chi connectivity index (χ1v) is 11.9. The number of fused-ring (bicyclic) bond motifs is 1. The molecule has 1 saturated carbocycles. The van der Waals surface area contributed by atoms with Crippen molar-refractivity contribution in [2.75, 3.05) is 45.6 Å². The summed E-state index contributed by atoms with van der Waals surface area (Å²) in [5.41, 5.74) is 3.71. The molecule has 1 aliphatic carbocycles. The van der Waals surface area contributed by atoms with E-state index in [1.807, 2.05) is 25.4 Å². The first kappa shape index (κ1) is 21.8. The summed E-state index contributed by atoms with van der Waals surface area (Å²) in [4.78, 5) is 30.2. The Bertz CT molecular complexity index is 1140. The summed E-state index contributed by atoms with van der Waals surface area (Å²) in [7, 11) is 3.60. The number of piperazine rings is 1. The average Bonchev–Trinajstić information content (AvgIpc) is 3.46. The third kappa shape index (κ3) is 4.18. The molecular weight excluding hydrogens is 416 g/mol. The van der Waals surface area contributed by atoms with Gasteiger partial charge in [0, 0.05) is 50.9 Å². The van der Waals surface area contributed by atoms with Crippen LogP contribution in [0.5, 0.6) is 0 Å². The van der Waals surface area contributed by atoms with Crippen LogP contribution >= 0.6 is 0 Å². The lowest BCUT2D eigenvalue weighted by Crippen LogP contribution is -3.10. The summed E-state index contributed by atoms with van der Waals surface area (Å²) >= 11 is 0. The second-order valence-corrected chi connectivity index (χ2v) is 9.32. The Hall–Kier alpha value is -3.04. The summed E-state index contributed by atoms with van der Waals surface area (Å²) in [6.07, 6.45) is 8.26. The van der Waals surface area contributed by atoms with Crippen molar-refractivity contribution in [1.82, 2.24) is 29.7 Å². The Labute approximate surface area is 194 Å². The van der Waals surface area contributed by atoms with E-state index in [1.165, 1.54) is 23.4 Å². The molecule has 5 rings (SSSR count). The number of rotatable bonds is 5. The second kappa shape index (κ2) is 9.07. The Morgan fingerprint density at radius 3 is 2.58 bits per heavy atom. The van der Waals surface area contributed by atoms with Crippen molar-refractivity contribution in [3.05, 3.63) is 35.8 Å². The Morgan fingerprint density at radius 2 is 1.91 bits per heavy atom. The molecule has 0 radical (unpaired) electrons. The van der Waals surface area contributed by atoms with Crippen LogP contribution in [-0.2, 0) is 0 Å². The highest BCUT2D eigenvalue weighted by atomic mass is 16.2. The molecule has 33 heavy (non-hydrogen) atoms. The monoisotopic (exact) mass is 449 g/mol. The third-order valence-electron chi connectivity index (χ3n) is 6.91. The zero-order valence-corrected chi connectivity index (χ0v) is 19.7. The summed E-state index contributed by atoms with van der Waals surface area (Å²) in [5.74, 6) is 1.23. The zero-order chi connectivity index (χ0) is 22.9. The lowest BCUT2D eigenvalue weighted by molar-refractivity contribution is -0.835. The first-order chi connectivity index (χ1) is 16.0. The summed E-state index contributed by atoms with van der Waals surface area (Å²) in [6, 6.07) is 4.40. The smallest absolute Gasteiger partial charge is 0.270 e. The lowest BCUT2D eigenvalue weighted by atomic mass is 10.2. The summed E-state index contributed by atoms with van der Waals surface area (Å²) in [5, 5.41) is 7.59. The SMILES string of the molecule is Cc1c(C(=O)N(C)C)n(C2CCCC2)c2nc(Nc3ccc([NH+]4CCNCC4)cn3)ncc12. The van der Waals surface area contributed by atoms with Crippen LogP contribution < -0.4 is 15.5 Å². The Balaban J connectivity index is 1.47.